The summed E-state index contributed by atoms with van der Waals surface area (Å²) in [6, 6.07) is 6.14. The topological polar surface area (TPSA) is 66.5 Å². The maximum absolute atomic E-state index is 9.19. The van der Waals surface area contributed by atoms with Crippen molar-refractivity contribution < 1.29 is 14.7 Å². The monoisotopic (exact) mass is 177 g/mol. The van der Waals surface area contributed by atoms with E-state index in [2.05, 4.69) is 9.68 Å². The van der Waals surface area contributed by atoms with Crippen molar-refractivity contribution in [3.8, 4) is 22.8 Å². The van der Waals surface area contributed by atoms with E-state index in [4.69, 9.17) is 5.11 Å². The molecule has 13 heavy (non-hydrogen) atoms. The molecule has 0 aliphatic carbocycles. The van der Waals surface area contributed by atoms with Crippen molar-refractivity contribution in [1.82, 2.24) is 5.16 Å². The number of aromatic nitrogens is 1. The summed E-state index contributed by atoms with van der Waals surface area (Å²) in [4.78, 5) is 0. The minimum Gasteiger partial charge on any atom is -0.504 e. The van der Waals surface area contributed by atoms with E-state index in [1.165, 1.54) is 18.4 Å². The Kier molecular flexibility index (Phi) is 1.66. The number of phenolic OH excluding ortho intramolecular Hbond substituents is 2. The highest BCUT2D eigenvalue weighted by Crippen LogP contribution is 2.29. The number of phenols is 2. The molecular weight excluding hydrogens is 170 g/mol. The number of hydrogen-bond donors (Lipinski definition) is 2. The summed E-state index contributed by atoms with van der Waals surface area (Å²) in [5.74, 6) is -0.312. The number of rotatable bonds is 1. The van der Waals surface area contributed by atoms with Gasteiger partial charge in [-0.1, -0.05) is 5.16 Å². The Morgan fingerprint density at radius 3 is 2.54 bits per heavy atom. The van der Waals surface area contributed by atoms with Crippen LogP contribution in [0, 0.1) is 0 Å². The quantitative estimate of drug-likeness (QED) is 0.651. The Bertz CT molecular complexity index is 409. The maximum atomic E-state index is 9.19. The van der Waals surface area contributed by atoms with Gasteiger partial charge in [-0.25, -0.2) is 0 Å². The second-order valence-electron chi connectivity index (χ2n) is 2.59. The third-order valence-corrected chi connectivity index (χ3v) is 1.71. The van der Waals surface area contributed by atoms with Crippen LogP contribution in [0.2, 0.25) is 0 Å². The molecule has 2 rings (SSSR count). The van der Waals surface area contributed by atoms with Gasteiger partial charge in [0.2, 0.25) is 0 Å². The highest BCUT2D eigenvalue weighted by atomic mass is 16.5. The summed E-state index contributed by atoms with van der Waals surface area (Å²) in [5, 5.41) is 21.9. The number of benzene rings is 1. The lowest BCUT2D eigenvalue weighted by Crippen LogP contribution is -1.76. The van der Waals surface area contributed by atoms with Crippen LogP contribution in [0.1, 0.15) is 0 Å². The highest BCUT2D eigenvalue weighted by molar-refractivity contribution is 5.62. The van der Waals surface area contributed by atoms with E-state index in [0.717, 1.165) is 0 Å². The molecule has 2 aromatic rings. The highest BCUT2D eigenvalue weighted by Gasteiger charge is 2.04. The molecule has 1 aromatic carbocycles. The molecule has 0 atom stereocenters. The van der Waals surface area contributed by atoms with Crippen molar-refractivity contribution in [2.24, 2.45) is 0 Å². The van der Waals surface area contributed by atoms with Gasteiger partial charge < -0.3 is 14.7 Å². The van der Waals surface area contributed by atoms with Gasteiger partial charge in [0.25, 0.3) is 0 Å². The summed E-state index contributed by atoms with van der Waals surface area (Å²) in [7, 11) is 0. The first-order valence-electron chi connectivity index (χ1n) is 3.70. The van der Waals surface area contributed by atoms with E-state index in [1.54, 1.807) is 12.1 Å². The molecule has 4 heteroatoms. The van der Waals surface area contributed by atoms with Crippen LogP contribution < -0.4 is 0 Å². The van der Waals surface area contributed by atoms with E-state index < -0.39 is 0 Å². The van der Waals surface area contributed by atoms with E-state index >= 15 is 0 Å². The van der Waals surface area contributed by atoms with Crippen LogP contribution >= 0.6 is 0 Å². The molecule has 0 bridgehead atoms. The first-order valence-corrected chi connectivity index (χ1v) is 3.70. The molecule has 0 aliphatic heterocycles. The molecular formula is C9H7NO3. The molecule has 4 nitrogen and oxygen atoms in total. The lowest BCUT2D eigenvalue weighted by molar-refractivity contribution is 0.403. The summed E-state index contributed by atoms with van der Waals surface area (Å²) >= 11 is 0. The van der Waals surface area contributed by atoms with Crippen LogP contribution in [0.5, 0.6) is 11.5 Å². The van der Waals surface area contributed by atoms with Crippen molar-refractivity contribution in [2.45, 2.75) is 0 Å². The van der Waals surface area contributed by atoms with Gasteiger partial charge in [-0.15, -0.1) is 0 Å². The van der Waals surface area contributed by atoms with Crippen molar-refractivity contribution in [3.63, 3.8) is 0 Å². The largest absolute Gasteiger partial charge is 0.504 e. The van der Waals surface area contributed by atoms with Gasteiger partial charge in [-0.3, -0.25) is 0 Å². The van der Waals surface area contributed by atoms with E-state index in [0.29, 0.717) is 11.3 Å². The average molecular weight is 177 g/mol. The van der Waals surface area contributed by atoms with Gasteiger partial charge >= 0.3 is 0 Å². The zero-order valence-corrected chi connectivity index (χ0v) is 6.64. The van der Waals surface area contributed by atoms with Crippen molar-refractivity contribution in [3.05, 3.63) is 30.5 Å². The van der Waals surface area contributed by atoms with Crippen LogP contribution in [-0.2, 0) is 0 Å². The minimum absolute atomic E-state index is 0.146. The Morgan fingerprint density at radius 2 is 1.92 bits per heavy atom. The molecule has 0 fully saturated rings. The van der Waals surface area contributed by atoms with Crippen LogP contribution in [0.4, 0.5) is 0 Å². The third kappa shape index (κ3) is 1.33. The molecule has 2 N–H and O–H groups in total. The smallest absolute Gasteiger partial charge is 0.158 e. The first-order chi connectivity index (χ1) is 6.27. The van der Waals surface area contributed by atoms with E-state index in [9.17, 15) is 5.11 Å². The van der Waals surface area contributed by atoms with Crippen LogP contribution in [0.3, 0.4) is 0 Å². The molecule has 0 aliphatic rings. The molecule has 0 saturated carbocycles. The zero-order chi connectivity index (χ0) is 9.26. The number of hydrogen-bond acceptors (Lipinski definition) is 4. The SMILES string of the molecule is Oc1ccc(-c2ccon2)cc1O. The first kappa shape index (κ1) is 7.67. The molecule has 1 heterocycles. The van der Waals surface area contributed by atoms with Gasteiger partial charge in [-0.05, 0) is 18.2 Å². The normalized spacial score (nSPS) is 10.2. The van der Waals surface area contributed by atoms with Crippen molar-refractivity contribution in [2.75, 3.05) is 0 Å². The Morgan fingerprint density at radius 1 is 1.08 bits per heavy atom. The predicted molar refractivity (Wildman–Crippen MR) is 45.3 cm³/mol. The average Bonchev–Trinajstić information content (AvgIpc) is 2.62. The van der Waals surface area contributed by atoms with Gasteiger partial charge in [-0.2, -0.15) is 0 Å². The van der Waals surface area contributed by atoms with Gasteiger partial charge in [0.15, 0.2) is 11.5 Å². The summed E-state index contributed by atoms with van der Waals surface area (Å²) in [5.41, 5.74) is 1.32. The fraction of sp³-hybridized carbons (Fsp3) is 0. The summed E-state index contributed by atoms with van der Waals surface area (Å²) < 4.78 is 4.64. The molecule has 66 valence electrons. The second kappa shape index (κ2) is 2.82. The van der Waals surface area contributed by atoms with Gasteiger partial charge in [0.1, 0.15) is 12.0 Å². The molecule has 0 saturated heterocycles. The summed E-state index contributed by atoms with van der Waals surface area (Å²) in [6.07, 6.45) is 1.44. The number of nitrogens with zero attached hydrogens (tertiary/aromatic N) is 1. The lowest BCUT2D eigenvalue weighted by Gasteiger charge is -1.98. The maximum Gasteiger partial charge on any atom is 0.158 e. The standard InChI is InChI=1S/C9H7NO3/c11-8-2-1-6(5-9(8)12)7-3-4-13-10-7/h1-5,11-12H. The minimum atomic E-state index is -0.166. The fourth-order valence-corrected chi connectivity index (χ4v) is 1.04. The third-order valence-electron chi connectivity index (χ3n) is 1.71. The van der Waals surface area contributed by atoms with E-state index in [1.807, 2.05) is 0 Å². The Balaban J connectivity index is 2.49. The lowest BCUT2D eigenvalue weighted by atomic mass is 10.1. The van der Waals surface area contributed by atoms with Crippen LogP contribution in [-0.4, -0.2) is 15.4 Å². The number of aromatic hydroxyl groups is 2. The van der Waals surface area contributed by atoms with Crippen LogP contribution in [0.25, 0.3) is 11.3 Å². The predicted octanol–water partition coefficient (Wildman–Crippen LogP) is 1.75. The molecule has 0 radical (unpaired) electrons. The van der Waals surface area contributed by atoms with Gasteiger partial charge in [0, 0.05) is 11.6 Å². The van der Waals surface area contributed by atoms with Crippen molar-refractivity contribution in [1.29, 1.82) is 0 Å². The zero-order valence-electron chi connectivity index (χ0n) is 6.64. The molecule has 0 unspecified atom stereocenters. The summed E-state index contributed by atoms with van der Waals surface area (Å²) in [6.45, 7) is 0. The molecule has 0 amide bonds. The Labute approximate surface area is 74.0 Å². The molecule has 1 aromatic heterocycles. The Hall–Kier alpha value is -1.97. The second-order valence-corrected chi connectivity index (χ2v) is 2.59. The van der Waals surface area contributed by atoms with E-state index in [-0.39, 0.29) is 11.5 Å². The van der Waals surface area contributed by atoms with Crippen LogP contribution in [0.15, 0.2) is 35.1 Å². The van der Waals surface area contributed by atoms with Gasteiger partial charge in [0.05, 0.1) is 0 Å². The van der Waals surface area contributed by atoms with Crippen molar-refractivity contribution >= 4 is 0 Å². The fourth-order valence-electron chi connectivity index (χ4n) is 1.04. The molecule has 0 spiro atoms.